The number of hydrogen-bond donors (Lipinski definition) is 1. The minimum Gasteiger partial charge on any atom is -0.406 e. The van der Waals surface area contributed by atoms with Crippen molar-refractivity contribution >= 4 is 22.8 Å². The van der Waals surface area contributed by atoms with E-state index in [1.807, 2.05) is 6.07 Å². The van der Waals surface area contributed by atoms with Gasteiger partial charge >= 0.3 is 5.97 Å². The molecule has 110 valence electrons. The quantitative estimate of drug-likeness (QED) is 0.673. The van der Waals surface area contributed by atoms with Gasteiger partial charge in [-0.15, -0.1) is 0 Å². The molecule has 2 heterocycles. The van der Waals surface area contributed by atoms with Crippen LogP contribution in [0.2, 0.25) is 0 Å². The van der Waals surface area contributed by atoms with Crippen molar-refractivity contribution in [3.63, 3.8) is 0 Å². The molecule has 1 fully saturated rings. The van der Waals surface area contributed by atoms with Crippen LogP contribution in [0.1, 0.15) is 34.5 Å². The number of ether oxygens (including phenoxy) is 1. The second-order valence-electron chi connectivity index (χ2n) is 4.80. The first kappa shape index (κ1) is 15.4. The minimum atomic E-state index is -0.701. The number of piperidine rings is 1. The molecule has 1 aliphatic rings. The van der Waals surface area contributed by atoms with Crippen molar-refractivity contribution < 1.29 is 14.3 Å². The van der Waals surface area contributed by atoms with Gasteiger partial charge in [-0.3, -0.25) is 9.59 Å². The summed E-state index contributed by atoms with van der Waals surface area (Å²) in [5.41, 5.74) is 0.476. The number of nitrogens with one attached hydrogen (secondary N) is 1. The minimum absolute atomic E-state index is 0.0203. The van der Waals surface area contributed by atoms with E-state index in [9.17, 15) is 9.59 Å². The van der Waals surface area contributed by atoms with E-state index in [0.29, 0.717) is 18.5 Å². The summed E-state index contributed by atoms with van der Waals surface area (Å²) in [5, 5.41) is 11.5. The van der Waals surface area contributed by atoms with Crippen molar-refractivity contribution in [1.29, 1.82) is 5.26 Å². The average molecular weight is 308 g/mol. The molecule has 0 amide bonds. The molecular weight excluding hydrogens is 294 g/mol. The first-order valence-corrected chi connectivity index (χ1v) is 6.94. The normalized spacial score (nSPS) is 15.3. The summed E-state index contributed by atoms with van der Waals surface area (Å²) in [6.45, 7) is 3.09. The molecular formula is C14H14ClN3O3. The maximum Gasteiger partial charge on any atom is 0.315 e. The SMILES string of the molecule is Cc1nc(OC(=O)C2CCNCC2)c(C#N)cc1C(=O)Cl. The Morgan fingerprint density at radius 1 is 1.48 bits per heavy atom. The summed E-state index contributed by atoms with van der Waals surface area (Å²) in [6.07, 6.45) is 1.38. The zero-order chi connectivity index (χ0) is 15.4. The predicted molar refractivity (Wildman–Crippen MR) is 75.1 cm³/mol. The topological polar surface area (TPSA) is 92.1 Å². The van der Waals surface area contributed by atoms with Crippen LogP contribution in [0.5, 0.6) is 5.88 Å². The monoisotopic (exact) mass is 307 g/mol. The number of hydrogen-bond acceptors (Lipinski definition) is 6. The van der Waals surface area contributed by atoms with E-state index in [1.54, 1.807) is 6.92 Å². The summed E-state index contributed by atoms with van der Waals surface area (Å²) < 4.78 is 5.24. The third-order valence-electron chi connectivity index (χ3n) is 3.38. The molecule has 1 N–H and O–H groups in total. The van der Waals surface area contributed by atoms with Crippen molar-refractivity contribution in [3.05, 3.63) is 22.9 Å². The smallest absolute Gasteiger partial charge is 0.315 e. The average Bonchev–Trinajstić information content (AvgIpc) is 2.48. The highest BCUT2D eigenvalue weighted by Gasteiger charge is 2.25. The number of carbonyl (C=O) groups excluding carboxylic acids is 2. The molecule has 7 heteroatoms. The second-order valence-corrected chi connectivity index (χ2v) is 5.15. The van der Waals surface area contributed by atoms with E-state index in [1.165, 1.54) is 6.07 Å². The van der Waals surface area contributed by atoms with Gasteiger partial charge < -0.3 is 10.1 Å². The number of nitriles is 1. The van der Waals surface area contributed by atoms with Crippen molar-refractivity contribution in [2.24, 2.45) is 5.92 Å². The Kier molecular flexibility index (Phi) is 4.89. The van der Waals surface area contributed by atoms with Crippen LogP contribution in [-0.2, 0) is 4.79 Å². The lowest BCUT2D eigenvalue weighted by Crippen LogP contribution is -2.34. The van der Waals surface area contributed by atoms with Crippen molar-refractivity contribution in [1.82, 2.24) is 10.3 Å². The van der Waals surface area contributed by atoms with Crippen LogP contribution in [-0.4, -0.2) is 29.3 Å². The molecule has 1 aromatic heterocycles. The lowest BCUT2D eigenvalue weighted by Gasteiger charge is -2.20. The summed E-state index contributed by atoms with van der Waals surface area (Å²) in [4.78, 5) is 27.3. The first-order chi connectivity index (χ1) is 10.0. The number of pyridine rings is 1. The van der Waals surface area contributed by atoms with Gasteiger partial charge in [0.1, 0.15) is 11.6 Å². The van der Waals surface area contributed by atoms with Crippen LogP contribution < -0.4 is 10.1 Å². The standard InChI is InChI=1S/C14H14ClN3O3/c1-8-11(12(15)19)6-10(7-16)13(18-8)21-14(20)9-2-4-17-5-3-9/h6,9,17H,2-5H2,1H3. The maximum absolute atomic E-state index is 12.1. The molecule has 0 bridgehead atoms. The van der Waals surface area contributed by atoms with E-state index in [4.69, 9.17) is 21.6 Å². The van der Waals surface area contributed by atoms with Crippen LogP contribution in [0.25, 0.3) is 0 Å². The van der Waals surface area contributed by atoms with E-state index in [-0.39, 0.29) is 22.9 Å². The Morgan fingerprint density at radius 3 is 2.71 bits per heavy atom. The van der Waals surface area contributed by atoms with Crippen LogP contribution in [0.3, 0.4) is 0 Å². The zero-order valence-electron chi connectivity index (χ0n) is 11.5. The van der Waals surface area contributed by atoms with Gasteiger partial charge in [-0.25, -0.2) is 4.98 Å². The molecule has 0 radical (unpaired) electrons. The summed E-state index contributed by atoms with van der Waals surface area (Å²) in [6, 6.07) is 3.16. The summed E-state index contributed by atoms with van der Waals surface area (Å²) in [7, 11) is 0. The fourth-order valence-electron chi connectivity index (χ4n) is 2.18. The Balaban J connectivity index is 2.23. The van der Waals surface area contributed by atoms with Gasteiger partial charge in [0.05, 0.1) is 17.2 Å². The molecule has 21 heavy (non-hydrogen) atoms. The Labute approximate surface area is 127 Å². The number of aromatic nitrogens is 1. The molecule has 0 spiro atoms. The van der Waals surface area contributed by atoms with Crippen LogP contribution in [0.15, 0.2) is 6.07 Å². The third-order valence-corrected chi connectivity index (χ3v) is 3.58. The lowest BCUT2D eigenvalue weighted by atomic mass is 9.98. The first-order valence-electron chi connectivity index (χ1n) is 6.57. The van der Waals surface area contributed by atoms with Crippen LogP contribution >= 0.6 is 11.6 Å². The molecule has 1 aromatic rings. The van der Waals surface area contributed by atoms with Gasteiger partial charge in [-0.05, 0) is 50.5 Å². The number of halogens is 1. The fraction of sp³-hybridized carbons (Fsp3) is 0.429. The summed E-state index contributed by atoms with van der Waals surface area (Å²) in [5.74, 6) is -0.667. The maximum atomic E-state index is 12.1. The third kappa shape index (κ3) is 3.57. The Bertz CT molecular complexity index is 619. The molecule has 1 aliphatic heterocycles. The number of esters is 1. The van der Waals surface area contributed by atoms with Crippen LogP contribution in [0.4, 0.5) is 0 Å². The van der Waals surface area contributed by atoms with Gasteiger partial charge in [-0.1, -0.05) is 0 Å². The molecule has 0 unspecified atom stereocenters. The lowest BCUT2D eigenvalue weighted by molar-refractivity contribution is -0.140. The Hall–Kier alpha value is -1.97. The fourth-order valence-corrected chi connectivity index (χ4v) is 2.37. The molecule has 0 saturated carbocycles. The molecule has 2 rings (SSSR count). The van der Waals surface area contributed by atoms with Crippen molar-refractivity contribution in [3.8, 4) is 11.9 Å². The molecule has 0 aliphatic carbocycles. The molecule has 6 nitrogen and oxygen atoms in total. The number of rotatable bonds is 3. The Morgan fingerprint density at radius 2 is 2.14 bits per heavy atom. The summed E-state index contributed by atoms with van der Waals surface area (Å²) >= 11 is 5.41. The van der Waals surface area contributed by atoms with Gasteiger partial charge in [0.2, 0.25) is 5.88 Å². The highest BCUT2D eigenvalue weighted by Crippen LogP contribution is 2.22. The van der Waals surface area contributed by atoms with Gasteiger partial charge in [0, 0.05) is 0 Å². The van der Waals surface area contributed by atoms with E-state index < -0.39 is 11.2 Å². The largest absolute Gasteiger partial charge is 0.406 e. The molecule has 0 aromatic carbocycles. The highest BCUT2D eigenvalue weighted by atomic mass is 35.5. The van der Waals surface area contributed by atoms with Gasteiger partial charge in [0.15, 0.2) is 0 Å². The zero-order valence-corrected chi connectivity index (χ0v) is 12.2. The highest BCUT2D eigenvalue weighted by molar-refractivity contribution is 6.67. The van der Waals surface area contributed by atoms with E-state index >= 15 is 0 Å². The predicted octanol–water partition coefficient (Wildman–Crippen LogP) is 1.55. The van der Waals surface area contributed by atoms with Gasteiger partial charge in [-0.2, -0.15) is 5.26 Å². The number of aryl methyl sites for hydroxylation is 1. The molecule has 1 saturated heterocycles. The van der Waals surface area contributed by atoms with E-state index in [0.717, 1.165) is 13.1 Å². The number of nitrogens with zero attached hydrogens (tertiary/aromatic N) is 2. The molecule has 0 atom stereocenters. The van der Waals surface area contributed by atoms with Crippen molar-refractivity contribution in [2.45, 2.75) is 19.8 Å². The van der Waals surface area contributed by atoms with Crippen molar-refractivity contribution in [2.75, 3.05) is 13.1 Å². The van der Waals surface area contributed by atoms with Crippen LogP contribution in [0, 0.1) is 24.2 Å². The second kappa shape index (κ2) is 6.66. The van der Waals surface area contributed by atoms with Gasteiger partial charge in [0.25, 0.3) is 5.24 Å². The van der Waals surface area contributed by atoms with E-state index in [2.05, 4.69) is 10.3 Å². The number of carbonyl (C=O) groups is 2.